The SMILES string of the molecule is CC1CCCC(NCC(O)c2ccc(F)cc2)CC1. The van der Waals surface area contributed by atoms with Gasteiger partial charge < -0.3 is 10.4 Å². The Bertz CT molecular complexity index is 379. The minimum atomic E-state index is -0.554. The highest BCUT2D eigenvalue weighted by Crippen LogP contribution is 2.23. The second-order valence-corrected chi connectivity index (χ2v) is 5.79. The lowest BCUT2D eigenvalue weighted by atomic mass is 10.0. The van der Waals surface area contributed by atoms with Crippen LogP contribution >= 0.6 is 0 Å². The molecule has 1 fully saturated rings. The minimum absolute atomic E-state index is 0.262. The molecule has 1 aliphatic carbocycles. The van der Waals surface area contributed by atoms with Gasteiger partial charge in [0.25, 0.3) is 0 Å². The van der Waals surface area contributed by atoms with Gasteiger partial charge in [0.1, 0.15) is 5.82 Å². The van der Waals surface area contributed by atoms with E-state index in [1.54, 1.807) is 12.1 Å². The quantitative estimate of drug-likeness (QED) is 0.818. The van der Waals surface area contributed by atoms with Crippen LogP contribution in [0.1, 0.15) is 50.7 Å². The highest BCUT2D eigenvalue weighted by molar-refractivity contribution is 5.18. The standard InChI is InChI=1S/C16H24FNO/c1-12-3-2-4-15(10-5-12)18-11-16(19)13-6-8-14(17)9-7-13/h6-9,12,15-16,18-19H,2-5,10-11H2,1H3. The number of benzene rings is 1. The average Bonchev–Trinajstić information content (AvgIpc) is 2.61. The lowest BCUT2D eigenvalue weighted by molar-refractivity contribution is 0.168. The molecule has 0 amide bonds. The fourth-order valence-electron chi connectivity index (χ4n) is 2.77. The van der Waals surface area contributed by atoms with Crippen molar-refractivity contribution in [3.05, 3.63) is 35.6 Å². The summed E-state index contributed by atoms with van der Waals surface area (Å²) in [6.45, 7) is 2.86. The van der Waals surface area contributed by atoms with Crippen molar-refractivity contribution in [2.45, 2.75) is 51.2 Å². The van der Waals surface area contributed by atoms with Gasteiger partial charge in [-0.15, -0.1) is 0 Å². The van der Waals surface area contributed by atoms with Gasteiger partial charge in [0.05, 0.1) is 6.10 Å². The third-order valence-corrected chi connectivity index (χ3v) is 4.11. The molecule has 1 aromatic carbocycles. The van der Waals surface area contributed by atoms with Crippen LogP contribution in [0.2, 0.25) is 0 Å². The van der Waals surface area contributed by atoms with Crippen molar-refractivity contribution in [3.63, 3.8) is 0 Å². The van der Waals surface area contributed by atoms with Crippen LogP contribution in [0.15, 0.2) is 24.3 Å². The molecular formula is C16H24FNO. The van der Waals surface area contributed by atoms with Crippen molar-refractivity contribution in [1.82, 2.24) is 5.32 Å². The first-order valence-corrected chi connectivity index (χ1v) is 7.32. The second-order valence-electron chi connectivity index (χ2n) is 5.79. The number of hydrogen-bond acceptors (Lipinski definition) is 2. The van der Waals surface area contributed by atoms with E-state index in [1.165, 1.54) is 44.2 Å². The van der Waals surface area contributed by atoms with E-state index in [0.29, 0.717) is 12.6 Å². The van der Waals surface area contributed by atoms with E-state index < -0.39 is 6.10 Å². The van der Waals surface area contributed by atoms with Gasteiger partial charge >= 0.3 is 0 Å². The number of halogens is 1. The van der Waals surface area contributed by atoms with Crippen LogP contribution in [0.4, 0.5) is 4.39 Å². The van der Waals surface area contributed by atoms with Gasteiger partial charge in [-0.2, -0.15) is 0 Å². The number of rotatable bonds is 4. The Morgan fingerprint density at radius 3 is 2.68 bits per heavy atom. The molecule has 1 saturated carbocycles. The molecule has 0 aromatic heterocycles. The zero-order valence-corrected chi connectivity index (χ0v) is 11.6. The number of aliphatic hydroxyl groups is 1. The predicted molar refractivity (Wildman–Crippen MR) is 75.4 cm³/mol. The minimum Gasteiger partial charge on any atom is -0.387 e. The van der Waals surface area contributed by atoms with E-state index in [0.717, 1.165) is 11.5 Å². The molecule has 0 saturated heterocycles. The molecule has 19 heavy (non-hydrogen) atoms. The van der Waals surface area contributed by atoms with Gasteiger partial charge in [0.15, 0.2) is 0 Å². The van der Waals surface area contributed by atoms with Crippen LogP contribution in [0.5, 0.6) is 0 Å². The van der Waals surface area contributed by atoms with E-state index >= 15 is 0 Å². The van der Waals surface area contributed by atoms with Crippen molar-refractivity contribution >= 4 is 0 Å². The Morgan fingerprint density at radius 1 is 1.21 bits per heavy atom. The topological polar surface area (TPSA) is 32.3 Å². The summed E-state index contributed by atoms with van der Waals surface area (Å²) in [6.07, 6.45) is 5.69. The Hall–Kier alpha value is -0.930. The maximum atomic E-state index is 12.8. The van der Waals surface area contributed by atoms with Gasteiger partial charge in [-0.25, -0.2) is 4.39 Å². The Balaban J connectivity index is 1.79. The van der Waals surface area contributed by atoms with E-state index in [-0.39, 0.29) is 5.82 Å². The Morgan fingerprint density at radius 2 is 1.95 bits per heavy atom. The fraction of sp³-hybridized carbons (Fsp3) is 0.625. The average molecular weight is 265 g/mol. The van der Waals surface area contributed by atoms with Gasteiger partial charge in [-0.05, 0) is 42.9 Å². The summed E-state index contributed by atoms with van der Waals surface area (Å²) in [7, 11) is 0. The molecule has 0 aliphatic heterocycles. The second kappa shape index (κ2) is 7.01. The Labute approximate surface area is 115 Å². The van der Waals surface area contributed by atoms with E-state index in [1.807, 2.05) is 0 Å². The third kappa shape index (κ3) is 4.59. The number of aliphatic hydroxyl groups excluding tert-OH is 1. The van der Waals surface area contributed by atoms with Crippen LogP contribution < -0.4 is 5.32 Å². The summed E-state index contributed by atoms with van der Waals surface area (Å²) in [5, 5.41) is 13.5. The molecule has 3 unspecified atom stereocenters. The first-order chi connectivity index (χ1) is 9.15. The van der Waals surface area contributed by atoms with Gasteiger partial charge in [-0.1, -0.05) is 31.9 Å². The van der Waals surface area contributed by atoms with Gasteiger partial charge in [-0.3, -0.25) is 0 Å². The molecule has 0 heterocycles. The maximum Gasteiger partial charge on any atom is 0.123 e. The van der Waals surface area contributed by atoms with Crippen molar-refractivity contribution in [2.24, 2.45) is 5.92 Å². The van der Waals surface area contributed by atoms with Gasteiger partial charge in [0.2, 0.25) is 0 Å². The highest BCUT2D eigenvalue weighted by atomic mass is 19.1. The molecule has 0 spiro atoms. The molecule has 2 nitrogen and oxygen atoms in total. The summed E-state index contributed by atoms with van der Waals surface area (Å²) < 4.78 is 12.8. The van der Waals surface area contributed by atoms with Crippen molar-refractivity contribution in [3.8, 4) is 0 Å². The number of hydrogen-bond donors (Lipinski definition) is 2. The summed E-state index contributed by atoms with van der Waals surface area (Å²) in [4.78, 5) is 0. The summed E-state index contributed by atoms with van der Waals surface area (Å²) in [6, 6.07) is 6.60. The Kier molecular flexibility index (Phi) is 5.34. The zero-order chi connectivity index (χ0) is 13.7. The molecule has 0 radical (unpaired) electrons. The van der Waals surface area contributed by atoms with Crippen LogP contribution in [-0.4, -0.2) is 17.7 Å². The van der Waals surface area contributed by atoms with Crippen LogP contribution in [0.3, 0.4) is 0 Å². The van der Waals surface area contributed by atoms with Crippen molar-refractivity contribution in [2.75, 3.05) is 6.54 Å². The van der Waals surface area contributed by atoms with E-state index in [2.05, 4.69) is 12.2 Å². The zero-order valence-electron chi connectivity index (χ0n) is 11.6. The lowest BCUT2D eigenvalue weighted by Crippen LogP contribution is -2.32. The van der Waals surface area contributed by atoms with Crippen LogP contribution in [0, 0.1) is 11.7 Å². The molecular weight excluding hydrogens is 241 g/mol. The summed E-state index contributed by atoms with van der Waals surface area (Å²) >= 11 is 0. The van der Waals surface area contributed by atoms with Gasteiger partial charge in [0, 0.05) is 12.6 Å². The van der Waals surface area contributed by atoms with Crippen molar-refractivity contribution < 1.29 is 9.50 Å². The first-order valence-electron chi connectivity index (χ1n) is 7.32. The summed E-state index contributed by atoms with van der Waals surface area (Å²) in [5.74, 6) is 0.565. The highest BCUT2D eigenvalue weighted by Gasteiger charge is 2.17. The lowest BCUT2D eigenvalue weighted by Gasteiger charge is -2.19. The maximum absolute atomic E-state index is 12.8. The fourth-order valence-corrected chi connectivity index (χ4v) is 2.77. The molecule has 2 N–H and O–H groups in total. The molecule has 106 valence electrons. The van der Waals surface area contributed by atoms with Crippen LogP contribution in [0.25, 0.3) is 0 Å². The monoisotopic (exact) mass is 265 g/mol. The molecule has 0 bridgehead atoms. The first kappa shape index (κ1) is 14.5. The van der Waals surface area contributed by atoms with E-state index in [4.69, 9.17) is 0 Å². The third-order valence-electron chi connectivity index (χ3n) is 4.11. The number of nitrogens with one attached hydrogen (secondary N) is 1. The molecule has 2 rings (SSSR count). The molecule has 3 atom stereocenters. The largest absolute Gasteiger partial charge is 0.387 e. The molecule has 1 aliphatic rings. The normalized spacial score (nSPS) is 25.8. The molecule has 1 aromatic rings. The van der Waals surface area contributed by atoms with E-state index in [9.17, 15) is 9.50 Å². The van der Waals surface area contributed by atoms with Crippen LogP contribution in [-0.2, 0) is 0 Å². The molecule has 3 heteroatoms. The predicted octanol–water partition coefficient (Wildman–Crippen LogP) is 3.42. The smallest absolute Gasteiger partial charge is 0.123 e. The van der Waals surface area contributed by atoms with Crippen molar-refractivity contribution in [1.29, 1.82) is 0 Å². The summed E-state index contributed by atoms with van der Waals surface area (Å²) in [5.41, 5.74) is 0.774.